The molecule has 0 aliphatic heterocycles. The number of aryl methyl sites for hydroxylation is 1. The van der Waals surface area contributed by atoms with E-state index in [1.165, 1.54) is 11.6 Å². The van der Waals surface area contributed by atoms with Crippen molar-refractivity contribution in [2.75, 3.05) is 0 Å². The third-order valence-electron chi connectivity index (χ3n) is 3.19. The van der Waals surface area contributed by atoms with Crippen LogP contribution in [-0.2, 0) is 6.42 Å². The Labute approximate surface area is 132 Å². The van der Waals surface area contributed by atoms with E-state index in [2.05, 4.69) is 51.9 Å². The average molecular weight is 355 g/mol. The normalized spacial score (nSPS) is 12.4. The lowest BCUT2D eigenvalue weighted by Crippen LogP contribution is -2.02. The molecule has 0 aliphatic rings. The average Bonchev–Trinajstić information content (AvgIpc) is 2.47. The van der Waals surface area contributed by atoms with E-state index in [0.29, 0.717) is 0 Å². The van der Waals surface area contributed by atoms with Gasteiger partial charge in [-0.2, -0.15) is 8.78 Å². The number of hydrogen-bond donors (Lipinski definition) is 0. The van der Waals surface area contributed by atoms with E-state index in [0.717, 1.165) is 24.0 Å². The van der Waals surface area contributed by atoms with E-state index in [1.807, 2.05) is 6.07 Å². The molecular formula is C17H17BrF2O. The van der Waals surface area contributed by atoms with E-state index in [-0.39, 0.29) is 10.6 Å². The summed E-state index contributed by atoms with van der Waals surface area (Å²) in [7, 11) is 0. The highest BCUT2D eigenvalue weighted by atomic mass is 79.9. The fraction of sp³-hybridized carbons (Fsp3) is 0.294. The van der Waals surface area contributed by atoms with Gasteiger partial charge < -0.3 is 4.74 Å². The van der Waals surface area contributed by atoms with Crippen LogP contribution in [0.5, 0.6) is 5.75 Å². The van der Waals surface area contributed by atoms with Gasteiger partial charge >= 0.3 is 6.61 Å². The summed E-state index contributed by atoms with van der Waals surface area (Å²) in [5.41, 5.74) is 3.27. The van der Waals surface area contributed by atoms with Crippen LogP contribution in [0.15, 0.2) is 48.5 Å². The summed E-state index contributed by atoms with van der Waals surface area (Å²) in [6.45, 7) is -0.655. The fourth-order valence-electron chi connectivity index (χ4n) is 2.18. The van der Waals surface area contributed by atoms with Crippen molar-refractivity contribution in [1.82, 2.24) is 0 Å². The van der Waals surface area contributed by atoms with Crippen molar-refractivity contribution < 1.29 is 13.5 Å². The Morgan fingerprint density at radius 3 is 2.38 bits per heavy atom. The van der Waals surface area contributed by atoms with Crippen molar-refractivity contribution in [2.24, 2.45) is 0 Å². The number of alkyl halides is 3. The highest BCUT2D eigenvalue weighted by Crippen LogP contribution is 2.33. The SMILES string of the molecule is CCCc1ccc(C(Br)c2cccc(OC(F)F)c2)cc1. The molecule has 0 aliphatic carbocycles. The van der Waals surface area contributed by atoms with E-state index < -0.39 is 6.61 Å². The van der Waals surface area contributed by atoms with Gasteiger partial charge in [0, 0.05) is 0 Å². The van der Waals surface area contributed by atoms with Gasteiger partial charge in [0.05, 0.1) is 4.83 Å². The molecule has 0 N–H and O–H groups in total. The van der Waals surface area contributed by atoms with Crippen molar-refractivity contribution in [3.8, 4) is 5.75 Å². The van der Waals surface area contributed by atoms with Gasteiger partial charge in [-0.05, 0) is 35.2 Å². The third kappa shape index (κ3) is 4.53. The minimum atomic E-state index is -2.80. The molecule has 21 heavy (non-hydrogen) atoms. The van der Waals surface area contributed by atoms with Crippen molar-refractivity contribution in [3.05, 3.63) is 65.2 Å². The highest BCUT2D eigenvalue weighted by Gasteiger charge is 2.12. The Kier molecular flexibility index (Phi) is 5.74. The lowest BCUT2D eigenvalue weighted by molar-refractivity contribution is -0.0498. The Balaban J connectivity index is 2.16. The molecular weight excluding hydrogens is 338 g/mol. The van der Waals surface area contributed by atoms with Crippen molar-refractivity contribution in [2.45, 2.75) is 31.2 Å². The van der Waals surface area contributed by atoms with Gasteiger partial charge in [-0.15, -0.1) is 0 Å². The second kappa shape index (κ2) is 7.55. The Morgan fingerprint density at radius 2 is 1.76 bits per heavy atom. The van der Waals surface area contributed by atoms with Crippen LogP contribution in [0.3, 0.4) is 0 Å². The molecule has 1 atom stereocenters. The Bertz CT molecular complexity index is 569. The second-order valence-electron chi connectivity index (χ2n) is 4.81. The Morgan fingerprint density at radius 1 is 1.05 bits per heavy atom. The molecule has 0 bridgehead atoms. The summed E-state index contributed by atoms with van der Waals surface area (Å²) in [5, 5.41) is 0. The minimum Gasteiger partial charge on any atom is -0.435 e. The summed E-state index contributed by atoms with van der Waals surface area (Å²) in [6.07, 6.45) is 2.18. The smallest absolute Gasteiger partial charge is 0.387 e. The summed E-state index contributed by atoms with van der Waals surface area (Å²) in [5.74, 6) is 0.176. The number of rotatable bonds is 6. The maximum atomic E-state index is 12.3. The van der Waals surface area contributed by atoms with Gasteiger partial charge in [-0.1, -0.05) is 65.7 Å². The number of ether oxygens (including phenoxy) is 1. The molecule has 0 saturated carbocycles. The molecule has 0 amide bonds. The lowest BCUT2D eigenvalue weighted by atomic mass is 10.0. The lowest BCUT2D eigenvalue weighted by Gasteiger charge is -2.13. The summed E-state index contributed by atoms with van der Waals surface area (Å²) >= 11 is 3.61. The van der Waals surface area contributed by atoms with E-state index >= 15 is 0 Å². The predicted molar refractivity (Wildman–Crippen MR) is 84.3 cm³/mol. The maximum absolute atomic E-state index is 12.3. The first-order valence-corrected chi connectivity index (χ1v) is 7.79. The van der Waals surface area contributed by atoms with Crippen LogP contribution in [0.2, 0.25) is 0 Å². The third-order valence-corrected chi connectivity index (χ3v) is 4.24. The minimum absolute atomic E-state index is 0.0469. The molecule has 0 aromatic heterocycles. The molecule has 1 unspecified atom stereocenters. The first-order valence-electron chi connectivity index (χ1n) is 6.88. The molecule has 0 spiro atoms. The van der Waals surface area contributed by atoms with Gasteiger partial charge in [0.1, 0.15) is 5.75 Å². The molecule has 0 radical (unpaired) electrons. The van der Waals surface area contributed by atoms with Crippen LogP contribution in [0, 0.1) is 0 Å². The molecule has 0 saturated heterocycles. The van der Waals surface area contributed by atoms with Gasteiger partial charge in [0.2, 0.25) is 0 Å². The number of benzene rings is 2. The quantitative estimate of drug-likeness (QED) is 0.602. The molecule has 4 heteroatoms. The maximum Gasteiger partial charge on any atom is 0.387 e. The molecule has 0 fully saturated rings. The zero-order valence-electron chi connectivity index (χ0n) is 11.7. The first kappa shape index (κ1) is 16.0. The molecule has 2 aromatic rings. The topological polar surface area (TPSA) is 9.23 Å². The molecule has 1 nitrogen and oxygen atoms in total. The first-order chi connectivity index (χ1) is 10.1. The van der Waals surface area contributed by atoms with Gasteiger partial charge in [-0.25, -0.2) is 0 Å². The van der Waals surface area contributed by atoms with Crippen LogP contribution in [0.4, 0.5) is 8.78 Å². The van der Waals surface area contributed by atoms with Crippen molar-refractivity contribution in [1.29, 1.82) is 0 Å². The van der Waals surface area contributed by atoms with Crippen LogP contribution in [0.1, 0.15) is 34.9 Å². The van der Waals surface area contributed by atoms with E-state index in [9.17, 15) is 8.78 Å². The standard InChI is InChI=1S/C17H17BrF2O/c1-2-4-12-7-9-13(10-8-12)16(18)14-5-3-6-15(11-14)21-17(19)20/h3,5-11,16-17H,2,4H2,1H3. The van der Waals surface area contributed by atoms with Crippen molar-refractivity contribution >= 4 is 15.9 Å². The molecule has 112 valence electrons. The number of halogens is 3. The predicted octanol–water partition coefficient (Wildman–Crippen LogP) is 5.72. The summed E-state index contributed by atoms with van der Waals surface area (Å²) in [4.78, 5) is -0.0469. The van der Waals surface area contributed by atoms with Crippen LogP contribution in [-0.4, -0.2) is 6.61 Å². The largest absolute Gasteiger partial charge is 0.435 e. The van der Waals surface area contributed by atoms with Crippen LogP contribution < -0.4 is 4.74 Å². The Hall–Kier alpha value is -1.42. The molecule has 0 heterocycles. The monoisotopic (exact) mass is 354 g/mol. The van der Waals surface area contributed by atoms with Gasteiger partial charge in [0.25, 0.3) is 0 Å². The summed E-state index contributed by atoms with van der Waals surface area (Å²) < 4.78 is 29.0. The van der Waals surface area contributed by atoms with Crippen LogP contribution >= 0.6 is 15.9 Å². The summed E-state index contributed by atoms with van der Waals surface area (Å²) in [6, 6.07) is 15.1. The zero-order valence-corrected chi connectivity index (χ0v) is 13.3. The molecule has 2 rings (SSSR count). The van der Waals surface area contributed by atoms with E-state index in [1.54, 1.807) is 12.1 Å². The zero-order chi connectivity index (χ0) is 15.2. The highest BCUT2D eigenvalue weighted by molar-refractivity contribution is 9.09. The fourth-order valence-corrected chi connectivity index (χ4v) is 2.77. The van der Waals surface area contributed by atoms with Crippen molar-refractivity contribution in [3.63, 3.8) is 0 Å². The molecule has 2 aromatic carbocycles. The van der Waals surface area contributed by atoms with Crippen LogP contribution in [0.25, 0.3) is 0 Å². The van der Waals surface area contributed by atoms with Gasteiger partial charge in [-0.3, -0.25) is 0 Å². The van der Waals surface area contributed by atoms with Gasteiger partial charge in [0.15, 0.2) is 0 Å². The van der Waals surface area contributed by atoms with E-state index in [4.69, 9.17) is 0 Å². The number of hydrogen-bond acceptors (Lipinski definition) is 1. The second-order valence-corrected chi connectivity index (χ2v) is 5.72.